The molecular weight excluding hydrogens is 136 g/mol. The Morgan fingerprint density at radius 3 is 2.18 bits per heavy atom. The zero-order valence-electron chi connectivity index (χ0n) is 6.97. The second-order valence-electron chi connectivity index (χ2n) is 3.11. The monoisotopic (exact) mass is 152 g/mol. The van der Waals surface area contributed by atoms with Crippen LogP contribution in [0.25, 0.3) is 0 Å². The number of allylic oxidation sites excluding steroid dienone is 2. The third kappa shape index (κ3) is 2.41. The van der Waals surface area contributed by atoms with Crippen LogP contribution in [0, 0.1) is 0 Å². The molecule has 1 rings (SSSR count). The SMILES string of the molecule is C=CC(O)=C1CCCCCC1. The molecule has 0 bridgehead atoms. The van der Waals surface area contributed by atoms with Gasteiger partial charge in [-0.15, -0.1) is 0 Å². The first-order valence-electron chi connectivity index (χ1n) is 4.38. The Labute approximate surface area is 68.4 Å². The lowest BCUT2D eigenvalue weighted by atomic mass is 10.1. The third-order valence-corrected chi connectivity index (χ3v) is 2.26. The van der Waals surface area contributed by atoms with Gasteiger partial charge in [0.1, 0.15) is 5.76 Å². The van der Waals surface area contributed by atoms with Crippen molar-refractivity contribution in [2.24, 2.45) is 0 Å². The standard InChI is InChI=1S/C10H16O/c1-2-10(11)9-7-5-3-4-6-8-9/h2,11H,1,3-8H2. The summed E-state index contributed by atoms with van der Waals surface area (Å²) in [5.74, 6) is 0.423. The molecule has 0 heterocycles. The molecule has 0 saturated heterocycles. The molecule has 1 aliphatic rings. The minimum atomic E-state index is 0.423. The highest BCUT2D eigenvalue weighted by atomic mass is 16.3. The van der Waals surface area contributed by atoms with E-state index in [1.807, 2.05) is 0 Å². The number of rotatable bonds is 1. The Kier molecular flexibility index (Phi) is 3.21. The molecule has 62 valence electrons. The van der Waals surface area contributed by atoms with E-state index in [4.69, 9.17) is 0 Å². The second-order valence-corrected chi connectivity index (χ2v) is 3.11. The largest absolute Gasteiger partial charge is 0.508 e. The van der Waals surface area contributed by atoms with Crippen LogP contribution in [-0.4, -0.2) is 5.11 Å². The van der Waals surface area contributed by atoms with Crippen molar-refractivity contribution in [1.29, 1.82) is 0 Å². The van der Waals surface area contributed by atoms with Gasteiger partial charge in [-0.05, 0) is 37.3 Å². The van der Waals surface area contributed by atoms with E-state index in [2.05, 4.69) is 6.58 Å². The molecule has 0 amide bonds. The molecule has 1 fully saturated rings. The van der Waals surface area contributed by atoms with Crippen LogP contribution in [0.2, 0.25) is 0 Å². The van der Waals surface area contributed by atoms with Crippen molar-refractivity contribution in [3.63, 3.8) is 0 Å². The summed E-state index contributed by atoms with van der Waals surface area (Å²) in [4.78, 5) is 0. The van der Waals surface area contributed by atoms with Crippen molar-refractivity contribution >= 4 is 0 Å². The summed E-state index contributed by atoms with van der Waals surface area (Å²) in [5, 5.41) is 9.37. The molecule has 1 heteroatoms. The van der Waals surface area contributed by atoms with Crippen LogP contribution in [0.4, 0.5) is 0 Å². The van der Waals surface area contributed by atoms with Crippen LogP contribution in [0.5, 0.6) is 0 Å². The number of aliphatic hydroxyl groups excluding tert-OH is 1. The maximum atomic E-state index is 9.37. The number of hydrogen-bond donors (Lipinski definition) is 1. The number of aliphatic hydroxyl groups is 1. The van der Waals surface area contributed by atoms with Crippen molar-refractivity contribution in [2.45, 2.75) is 38.5 Å². The predicted octanol–water partition coefficient (Wildman–Crippen LogP) is 3.34. The molecule has 11 heavy (non-hydrogen) atoms. The van der Waals surface area contributed by atoms with Crippen LogP contribution in [0.3, 0.4) is 0 Å². The van der Waals surface area contributed by atoms with E-state index >= 15 is 0 Å². The van der Waals surface area contributed by atoms with E-state index < -0.39 is 0 Å². The fourth-order valence-corrected chi connectivity index (χ4v) is 1.56. The molecular formula is C10H16O. The van der Waals surface area contributed by atoms with Gasteiger partial charge in [0.05, 0.1) is 0 Å². The van der Waals surface area contributed by atoms with Crippen LogP contribution in [0.15, 0.2) is 24.0 Å². The molecule has 1 aliphatic carbocycles. The van der Waals surface area contributed by atoms with Crippen LogP contribution in [0.1, 0.15) is 38.5 Å². The third-order valence-electron chi connectivity index (χ3n) is 2.26. The van der Waals surface area contributed by atoms with Gasteiger partial charge < -0.3 is 5.11 Å². The summed E-state index contributed by atoms with van der Waals surface area (Å²) < 4.78 is 0. The van der Waals surface area contributed by atoms with Gasteiger partial charge in [-0.3, -0.25) is 0 Å². The predicted molar refractivity (Wildman–Crippen MR) is 47.6 cm³/mol. The van der Waals surface area contributed by atoms with Crippen LogP contribution >= 0.6 is 0 Å². The lowest BCUT2D eigenvalue weighted by Crippen LogP contribution is -1.87. The van der Waals surface area contributed by atoms with Gasteiger partial charge >= 0.3 is 0 Å². The Balaban J connectivity index is 2.61. The summed E-state index contributed by atoms with van der Waals surface area (Å²) >= 11 is 0. The quantitative estimate of drug-likeness (QED) is 0.451. The molecule has 0 atom stereocenters. The van der Waals surface area contributed by atoms with Gasteiger partial charge in [0.15, 0.2) is 0 Å². The first-order chi connectivity index (χ1) is 5.34. The summed E-state index contributed by atoms with van der Waals surface area (Å²) in [6.45, 7) is 3.56. The van der Waals surface area contributed by atoms with E-state index in [0.717, 1.165) is 12.8 Å². The van der Waals surface area contributed by atoms with Crippen LogP contribution < -0.4 is 0 Å². The fourth-order valence-electron chi connectivity index (χ4n) is 1.56. The van der Waals surface area contributed by atoms with E-state index in [1.165, 1.54) is 31.3 Å². The molecule has 0 aromatic rings. The Hall–Kier alpha value is -0.720. The number of hydrogen-bond acceptors (Lipinski definition) is 1. The molecule has 0 spiro atoms. The van der Waals surface area contributed by atoms with Gasteiger partial charge in [-0.25, -0.2) is 0 Å². The molecule has 1 saturated carbocycles. The van der Waals surface area contributed by atoms with Crippen molar-refractivity contribution in [3.05, 3.63) is 24.0 Å². The van der Waals surface area contributed by atoms with E-state index in [-0.39, 0.29) is 0 Å². The zero-order valence-corrected chi connectivity index (χ0v) is 6.97. The summed E-state index contributed by atoms with van der Waals surface area (Å²) in [6, 6.07) is 0. The van der Waals surface area contributed by atoms with Crippen LogP contribution in [-0.2, 0) is 0 Å². The minimum absolute atomic E-state index is 0.423. The van der Waals surface area contributed by atoms with Crippen molar-refractivity contribution in [2.75, 3.05) is 0 Å². The molecule has 0 radical (unpaired) electrons. The van der Waals surface area contributed by atoms with E-state index in [9.17, 15) is 5.11 Å². The molecule has 1 nitrogen and oxygen atoms in total. The highest BCUT2D eigenvalue weighted by molar-refractivity contribution is 5.17. The van der Waals surface area contributed by atoms with E-state index in [1.54, 1.807) is 6.08 Å². The average Bonchev–Trinajstić information content (AvgIpc) is 2.30. The summed E-state index contributed by atoms with van der Waals surface area (Å²) in [7, 11) is 0. The molecule has 0 unspecified atom stereocenters. The minimum Gasteiger partial charge on any atom is -0.508 e. The smallest absolute Gasteiger partial charge is 0.114 e. The Morgan fingerprint density at radius 1 is 1.18 bits per heavy atom. The molecule has 0 aromatic heterocycles. The fraction of sp³-hybridized carbons (Fsp3) is 0.600. The van der Waals surface area contributed by atoms with Crippen molar-refractivity contribution < 1.29 is 5.11 Å². The average molecular weight is 152 g/mol. The van der Waals surface area contributed by atoms with Gasteiger partial charge in [-0.1, -0.05) is 19.4 Å². The maximum Gasteiger partial charge on any atom is 0.114 e. The molecule has 0 aromatic carbocycles. The van der Waals surface area contributed by atoms with Gasteiger partial charge in [0.25, 0.3) is 0 Å². The summed E-state index contributed by atoms with van der Waals surface area (Å²) in [5.41, 5.74) is 1.21. The normalized spacial score (nSPS) is 19.1. The van der Waals surface area contributed by atoms with Gasteiger partial charge in [0, 0.05) is 0 Å². The maximum absolute atomic E-state index is 9.37. The summed E-state index contributed by atoms with van der Waals surface area (Å²) in [6.07, 6.45) is 8.78. The second kappa shape index (κ2) is 4.22. The van der Waals surface area contributed by atoms with Crippen molar-refractivity contribution in [3.8, 4) is 0 Å². The van der Waals surface area contributed by atoms with E-state index in [0.29, 0.717) is 5.76 Å². The topological polar surface area (TPSA) is 20.2 Å². The van der Waals surface area contributed by atoms with Gasteiger partial charge in [-0.2, -0.15) is 0 Å². The lowest BCUT2D eigenvalue weighted by molar-refractivity contribution is 0.419. The van der Waals surface area contributed by atoms with Gasteiger partial charge in [0.2, 0.25) is 0 Å². The van der Waals surface area contributed by atoms with Crippen molar-refractivity contribution in [1.82, 2.24) is 0 Å². The molecule has 1 N–H and O–H groups in total. The Bertz CT molecular complexity index is 158. The molecule has 0 aliphatic heterocycles. The highest BCUT2D eigenvalue weighted by Gasteiger charge is 2.06. The lowest BCUT2D eigenvalue weighted by Gasteiger charge is -2.02. The Morgan fingerprint density at radius 2 is 1.73 bits per heavy atom. The first-order valence-corrected chi connectivity index (χ1v) is 4.38. The zero-order chi connectivity index (χ0) is 8.10. The first kappa shape index (κ1) is 8.38. The highest BCUT2D eigenvalue weighted by Crippen LogP contribution is 2.24.